The second-order valence-corrected chi connectivity index (χ2v) is 8.28. The Labute approximate surface area is 137 Å². The zero-order valence-electron chi connectivity index (χ0n) is 13.3. The summed E-state index contributed by atoms with van der Waals surface area (Å²) in [7, 11) is 0. The molecule has 0 aromatic heterocycles. The number of thioether (sulfide) groups is 1. The van der Waals surface area contributed by atoms with Crippen LogP contribution in [0.2, 0.25) is 0 Å². The molecule has 120 valence electrons. The van der Waals surface area contributed by atoms with Crippen molar-refractivity contribution in [2.75, 3.05) is 6.54 Å². The highest BCUT2D eigenvalue weighted by Gasteiger charge is 2.42. The first-order valence-corrected chi connectivity index (χ1v) is 9.20. The van der Waals surface area contributed by atoms with Crippen molar-refractivity contribution in [3.63, 3.8) is 0 Å². The minimum absolute atomic E-state index is 0.131. The Kier molecular flexibility index (Phi) is 4.79. The van der Waals surface area contributed by atoms with Crippen molar-refractivity contribution in [3.8, 4) is 0 Å². The first kappa shape index (κ1) is 15.9. The Morgan fingerprint density at radius 3 is 2.55 bits per heavy atom. The van der Waals surface area contributed by atoms with Crippen LogP contribution in [-0.4, -0.2) is 23.2 Å². The number of nitrogens with one attached hydrogen (secondary N) is 1. The molecule has 2 aliphatic rings. The van der Waals surface area contributed by atoms with Crippen LogP contribution in [0.5, 0.6) is 0 Å². The molecule has 3 rings (SSSR count). The molecule has 0 spiro atoms. The summed E-state index contributed by atoms with van der Waals surface area (Å²) in [4.78, 5) is 14.0. The van der Waals surface area contributed by atoms with Gasteiger partial charge in [0, 0.05) is 17.5 Å². The molecule has 1 unspecified atom stereocenters. The van der Waals surface area contributed by atoms with Crippen LogP contribution < -0.4 is 11.1 Å². The minimum Gasteiger partial charge on any atom is -0.353 e. The van der Waals surface area contributed by atoms with Crippen molar-refractivity contribution in [1.82, 2.24) is 5.32 Å². The number of amides is 1. The molecule has 1 amide bonds. The molecule has 2 saturated carbocycles. The van der Waals surface area contributed by atoms with Crippen molar-refractivity contribution in [1.29, 1.82) is 0 Å². The summed E-state index contributed by atoms with van der Waals surface area (Å²) >= 11 is 1.74. The van der Waals surface area contributed by atoms with Crippen LogP contribution in [0.15, 0.2) is 29.2 Å². The topological polar surface area (TPSA) is 55.1 Å². The lowest BCUT2D eigenvalue weighted by atomic mass is 10.1. The van der Waals surface area contributed by atoms with E-state index in [2.05, 4.69) is 36.5 Å². The summed E-state index contributed by atoms with van der Waals surface area (Å²) in [6.45, 7) is 2.71. The van der Waals surface area contributed by atoms with Crippen LogP contribution in [-0.2, 0) is 4.79 Å². The lowest BCUT2D eigenvalue weighted by Crippen LogP contribution is -2.47. The second kappa shape index (κ2) is 6.63. The number of aryl methyl sites for hydroxylation is 1. The lowest BCUT2D eigenvalue weighted by molar-refractivity contribution is -0.123. The van der Waals surface area contributed by atoms with E-state index in [0.717, 1.165) is 25.7 Å². The Balaban J connectivity index is 1.64. The molecule has 1 atom stereocenters. The van der Waals surface area contributed by atoms with Crippen LogP contribution in [0.25, 0.3) is 0 Å². The molecular weight excluding hydrogens is 292 g/mol. The monoisotopic (exact) mass is 318 g/mol. The smallest absolute Gasteiger partial charge is 0.236 e. The van der Waals surface area contributed by atoms with Gasteiger partial charge in [-0.05, 0) is 50.7 Å². The third-order valence-corrected chi connectivity index (χ3v) is 6.38. The molecule has 3 nitrogen and oxygen atoms in total. The summed E-state index contributed by atoms with van der Waals surface area (Å²) in [6.07, 6.45) is 6.66. The van der Waals surface area contributed by atoms with Crippen LogP contribution in [0.4, 0.5) is 0 Å². The van der Waals surface area contributed by atoms with Gasteiger partial charge < -0.3 is 11.1 Å². The third kappa shape index (κ3) is 3.66. The van der Waals surface area contributed by atoms with Gasteiger partial charge in [0.15, 0.2) is 0 Å². The quantitative estimate of drug-likeness (QED) is 0.846. The van der Waals surface area contributed by atoms with Crippen molar-refractivity contribution in [2.24, 2.45) is 11.7 Å². The van der Waals surface area contributed by atoms with Crippen molar-refractivity contribution in [3.05, 3.63) is 29.8 Å². The van der Waals surface area contributed by atoms with E-state index in [4.69, 9.17) is 5.73 Å². The SMILES string of the molecule is Cc1ccc(SC2(C(=O)NCC(N)C3CC3)CCCC2)cc1. The highest BCUT2D eigenvalue weighted by molar-refractivity contribution is 8.01. The van der Waals surface area contributed by atoms with Gasteiger partial charge in [-0.15, -0.1) is 11.8 Å². The summed E-state index contributed by atoms with van der Waals surface area (Å²) in [5, 5.41) is 3.13. The van der Waals surface area contributed by atoms with E-state index in [9.17, 15) is 4.79 Å². The standard InChI is InChI=1S/C18H26N2OS/c1-13-4-8-15(9-5-13)22-18(10-2-3-11-18)17(21)20-12-16(19)14-6-7-14/h4-5,8-9,14,16H,2-3,6-7,10-12,19H2,1H3,(H,20,21). The summed E-state index contributed by atoms with van der Waals surface area (Å²) < 4.78 is -0.293. The molecule has 3 N–H and O–H groups in total. The van der Waals surface area contributed by atoms with Gasteiger partial charge in [0.1, 0.15) is 0 Å². The maximum Gasteiger partial charge on any atom is 0.236 e. The first-order valence-electron chi connectivity index (χ1n) is 8.39. The normalized spacial score (nSPS) is 21.5. The van der Waals surface area contributed by atoms with Gasteiger partial charge in [-0.25, -0.2) is 0 Å². The zero-order valence-corrected chi connectivity index (χ0v) is 14.1. The number of benzene rings is 1. The lowest BCUT2D eigenvalue weighted by Gasteiger charge is -2.28. The van der Waals surface area contributed by atoms with Gasteiger partial charge in [-0.1, -0.05) is 30.5 Å². The number of hydrogen-bond acceptors (Lipinski definition) is 3. The van der Waals surface area contributed by atoms with Crippen LogP contribution in [0.3, 0.4) is 0 Å². The average Bonchev–Trinajstić information content (AvgIpc) is 3.27. The molecule has 0 saturated heterocycles. The van der Waals surface area contributed by atoms with Crippen molar-refractivity contribution < 1.29 is 4.79 Å². The number of rotatable bonds is 6. The molecule has 0 bridgehead atoms. The highest BCUT2D eigenvalue weighted by atomic mass is 32.2. The predicted octanol–water partition coefficient (Wildman–Crippen LogP) is 3.25. The molecule has 0 heterocycles. The second-order valence-electron chi connectivity index (χ2n) is 6.83. The molecule has 1 aromatic carbocycles. The molecule has 1 aromatic rings. The van der Waals surface area contributed by atoms with E-state index >= 15 is 0 Å². The summed E-state index contributed by atoms with van der Waals surface area (Å²) in [5.74, 6) is 0.816. The van der Waals surface area contributed by atoms with E-state index < -0.39 is 0 Å². The molecule has 0 aliphatic heterocycles. The molecular formula is C18H26N2OS. The fourth-order valence-corrected chi connectivity index (χ4v) is 4.60. The maximum atomic E-state index is 12.8. The zero-order chi connectivity index (χ0) is 15.6. The van der Waals surface area contributed by atoms with Gasteiger partial charge in [0.25, 0.3) is 0 Å². The molecule has 2 aliphatic carbocycles. The largest absolute Gasteiger partial charge is 0.353 e. The van der Waals surface area contributed by atoms with Gasteiger partial charge in [-0.2, -0.15) is 0 Å². The van der Waals surface area contributed by atoms with Crippen LogP contribution in [0.1, 0.15) is 44.1 Å². The van der Waals surface area contributed by atoms with Crippen LogP contribution in [0, 0.1) is 12.8 Å². The number of hydrogen-bond donors (Lipinski definition) is 2. The van der Waals surface area contributed by atoms with Crippen molar-refractivity contribution in [2.45, 2.75) is 61.1 Å². The number of nitrogens with two attached hydrogens (primary N) is 1. The van der Waals surface area contributed by atoms with E-state index in [0.29, 0.717) is 12.5 Å². The van der Waals surface area contributed by atoms with E-state index in [1.807, 2.05) is 0 Å². The maximum absolute atomic E-state index is 12.8. The Bertz CT molecular complexity index is 518. The summed E-state index contributed by atoms with van der Waals surface area (Å²) in [6, 6.07) is 8.62. The number of carbonyl (C=O) groups excluding carboxylic acids is 1. The van der Waals surface area contributed by atoms with Gasteiger partial charge >= 0.3 is 0 Å². The molecule has 4 heteroatoms. The van der Waals surface area contributed by atoms with E-state index in [1.165, 1.54) is 23.3 Å². The summed E-state index contributed by atoms with van der Waals surface area (Å²) in [5.41, 5.74) is 7.37. The predicted molar refractivity (Wildman–Crippen MR) is 91.9 cm³/mol. The third-order valence-electron chi connectivity index (χ3n) is 4.89. The fourth-order valence-electron chi connectivity index (χ4n) is 3.22. The molecule has 22 heavy (non-hydrogen) atoms. The first-order chi connectivity index (χ1) is 10.6. The van der Waals surface area contributed by atoms with E-state index in [1.54, 1.807) is 11.8 Å². The Hall–Kier alpha value is -1.00. The van der Waals surface area contributed by atoms with Gasteiger partial charge in [-0.3, -0.25) is 4.79 Å². The molecule has 0 radical (unpaired) electrons. The van der Waals surface area contributed by atoms with Crippen LogP contribution >= 0.6 is 11.8 Å². The van der Waals surface area contributed by atoms with E-state index in [-0.39, 0.29) is 16.7 Å². The molecule has 2 fully saturated rings. The van der Waals surface area contributed by atoms with Crippen molar-refractivity contribution >= 4 is 17.7 Å². The minimum atomic E-state index is -0.293. The van der Waals surface area contributed by atoms with Gasteiger partial charge in [0.05, 0.1) is 4.75 Å². The highest BCUT2D eigenvalue weighted by Crippen LogP contribution is 2.45. The Morgan fingerprint density at radius 2 is 1.95 bits per heavy atom. The Morgan fingerprint density at radius 1 is 1.32 bits per heavy atom. The average molecular weight is 318 g/mol. The van der Waals surface area contributed by atoms with Gasteiger partial charge in [0.2, 0.25) is 5.91 Å². The fraction of sp³-hybridized carbons (Fsp3) is 0.611. The number of carbonyl (C=O) groups is 1.